The van der Waals surface area contributed by atoms with Crippen molar-refractivity contribution in [2.75, 3.05) is 10.6 Å². The van der Waals surface area contributed by atoms with Gasteiger partial charge in [0, 0.05) is 37.4 Å². The molecule has 0 fully saturated rings. The molecule has 0 bridgehead atoms. The molecule has 0 spiro atoms. The maximum atomic E-state index is 12.9. The van der Waals surface area contributed by atoms with Crippen LogP contribution in [0.15, 0.2) is 46.2 Å². The monoisotopic (exact) mass is 406 g/mol. The van der Waals surface area contributed by atoms with Crippen LogP contribution in [0.2, 0.25) is 0 Å². The Labute approximate surface area is 160 Å². The van der Waals surface area contributed by atoms with E-state index in [1.807, 2.05) is 0 Å². The highest BCUT2D eigenvalue weighted by molar-refractivity contribution is 7.85. The van der Waals surface area contributed by atoms with Crippen LogP contribution in [-0.4, -0.2) is 25.9 Å². The SMILES string of the molecule is CC(=O)Nc1ccc(S(=O)c2ccc(NC(C)=O)cc2[N+](=O)[O-])c([N+](=O)[O-])c1. The molecule has 0 unspecified atom stereocenters. The van der Waals surface area contributed by atoms with E-state index in [9.17, 15) is 34.0 Å². The molecule has 2 rings (SSSR count). The molecule has 2 N–H and O–H groups in total. The van der Waals surface area contributed by atoms with Crippen LogP contribution >= 0.6 is 0 Å². The molecule has 0 aromatic heterocycles. The lowest BCUT2D eigenvalue weighted by molar-refractivity contribution is -0.388. The molecule has 0 aliphatic heterocycles. The highest BCUT2D eigenvalue weighted by atomic mass is 32.2. The van der Waals surface area contributed by atoms with E-state index in [2.05, 4.69) is 10.6 Å². The van der Waals surface area contributed by atoms with E-state index in [-0.39, 0.29) is 21.2 Å². The zero-order valence-electron chi connectivity index (χ0n) is 14.6. The number of amides is 2. The van der Waals surface area contributed by atoms with Gasteiger partial charge in [0.25, 0.3) is 11.4 Å². The number of nitro groups is 2. The average Bonchev–Trinajstić information content (AvgIpc) is 2.59. The minimum atomic E-state index is -2.26. The quantitative estimate of drug-likeness (QED) is 0.550. The molecule has 146 valence electrons. The standard InChI is InChI=1S/C16H14N4O7S/c1-9(21)17-11-3-5-15(13(7-11)19(23)24)28(27)16-6-4-12(18-10(2)22)8-14(16)20(25)26/h3-8H,1-2H3,(H,17,21)(H,18,22). The predicted molar refractivity (Wildman–Crippen MR) is 99.5 cm³/mol. The van der Waals surface area contributed by atoms with Crippen molar-refractivity contribution >= 4 is 45.4 Å². The molecule has 0 heterocycles. The van der Waals surface area contributed by atoms with Gasteiger partial charge in [0.2, 0.25) is 11.8 Å². The second-order valence-electron chi connectivity index (χ2n) is 5.51. The summed E-state index contributed by atoms with van der Waals surface area (Å²) in [5.41, 5.74) is -0.888. The van der Waals surface area contributed by atoms with E-state index in [0.717, 1.165) is 24.3 Å². The Hall–Kier alpha value is -3.67. The van der Waals surface area contributed by atoms with Gasteiger partial charge >= 0.3 is 0 Å². The van der Waals surface area contributed by atoms with Gasteiger partial charge in [-0.3, -0.25) is 29.8 Å². The molecule has 2 amide bonds. The lowest BCUT2D eigenvalue weighted by Gasteiger charge is -2.08. The third-order valence-electron chi connectivity index (χ3n) is 3.35. The zero-order chi connectivity index (χ0) is 21.0. The van der Waals surface area contributed by atoms with Crippen molar-refractivity contribution in [1.29, 1.82) is 0 Å². The molecule has 0 atom stereocenters. The van der Waals surface area contributed by atoms with Crippen molar-refractivity contribution in [3.05, 3.63) is 56.6 Å². The maximum Gasteiger partial charge on any atom is 0.287 e. The number of rotatable bonds is 6. The number of hydrogen-bond donors (Lipinski definition) is 2. The number of nitro benzene ring substituents is 2. The van der Waals surface area contributed by atoms with Crippen LogP contribution in [0.25, 0.3) is 0 Å². The molecule has 0 saturated carbocycles. The average molecular weight is 406 g/mol. The summed E-state index contributed by atoms with van der Waals surface area (Å²) < 4.78 is 12.9. The third-order valence-corrected chi connectivity index (χ3v) is 4.84. The van der Waals surface area contributed by atoms with E-state index in [4.69, 9.17) is 0 Å². The van der Waals surface area contributed by atoms with Crippen LogP contribution in [0.4, 0.5) is 22.7 Å². The predicted octanol–water partition coefficient (Wildman–Crippen LogP) is 2.59. The van der Waals surface area contributed by atoms with Gasteiger partial charge in [0.15, 0.2) is 0 Å². The van der Waals surface area contributed by atoms with E-state index < -0.39 is 43.8 Å². The Morgan fingerprint density at radius 3 is 1.46 bits per heavy atom. The van der Waals surface area contributed by atoms with Gasteiger partial charge in [-0.2, -0.15) is 0 Å². The second-order valence-corrected chi connectivity index (χ2v) is 6.93. The molecule has 0 aliphatic rings. The lowest BCUT2D eigenvalue weighted by Crippen LogP contribution is -2.08. The fourth-order valence-corrected chi connectivity index (χ4v) is 3.58. The summed E-state index contributed by atoms with van der Waals surface area (Å²) in [6.45, 7) is 2.44. The number of anilines is 2. The van der Waals surface area contributed by atoms with Crippen molar-refractivity contribution in [3.63, 3.8) is 0 Å². The topological polar surface area (TPSA) is 162 Å². The first-order valence-corrected chi connectivity index (χ1v) is 8.79. The van der Waals surface area contributed by atoms with Gasteiger partial charge in [-0.1, -0.05) is 0 Å². The second kappa shape index (κ2) is 8.35. The number of carbonyl (C=O) groups excluding carboxylic acids is 2. The summed E-state index contributed by atoms with van der Waals surface area (Å²) in [4.78, 5) is 42.8. The normalized spacial score (nSPS) is 10.4. The largest absolute Gasteiger partial charge is 0.326 e. The summed E-state index contributed by atoms with van der Waals surface area (Å²) in [5, 5.41) is 27.5. The van der Waals surface area contributed by atoms with Crippen LogP contribution in [0.3, 0.4) is 0 Å². The molecule has 11 nitrogen and oxygen atoms in total. The van der Waals surface area contributed by atoms with Crippen molar-refractivity contribution in [3.8, 4) is 0 Å². The first kappa shape index (κ1) is 20.6. The smallest absolute Gasteiger partial charge is 0.287 e. The number of carbonyl (C=O) groups is 2. The van der Waals surface area contributed by atoms with Gasteiger partial charge in [-0.15, -0.1) is 0 Å². The molecule has 12 heteroatoms. The Balaban J connectivity index is 2.56. The van der Waals surface area contributed by atoms with Crippen LogP contribution in [0.1, 0.15) is 13.8 Å². The Kier molecular flexibility index (Phi) is 6.15. The number of benzene rings is 2. The molecule has 0 radical (unpaired) electrons. The van der Waals surface area contributed by atoms with Crippen LogP contribution in [0, 0.1) is 20.2 Å². The number of nitrogens with one attached hydrogen (secondary N) is 2. The molecular formula is C16H14N4O7S. The summed E-state index contributed by atoms with van der Waals surface area (Å²) >= 11 is 0. The highest BCUT2D eigenvalue weighted by Gasteiger charge is 2.27. The number of hydrogen-bond acceptors (Lipinski definition) is 7. The van der Waals surface area contributed by atoms with Crippen LogP contribution < -0.4 is 10.6 Å². The molecule has 28 heavy (non-hydrogen) atoms. The molecule has 2 aromatic carbocycles. The Bertz CT molecular complexity index is 943. The fraction of sp³-hybridized carbons (Fsp3) is 0.125. The first-order chi connectivity index (χ1) is 13.1. The Morgan fingerprint density at radius 1 is 0.821 bits per heavy atom. The third kappa shape index (κ3) is 4.73. The zero-order valence-corrected chi connectivity index (χ0v) is 15.4. The van der Waals surface area contributed by atoms with E-state index in [0.29, 0.717) is 0 Å². The minimum Gasteiger partial charge on any atom is -0.326 e. The minimum absolute atomic E-state index is 0.121. The van der Waals surface area contributed by atoms with Crippen molar-refractivity contribution in [2.24, 2.45) is 0 Å². The fourth-order valence-electron chi connectivity index (χ4n) is 2.31. The lowest BCUT2D eigenvalue weighted by atomic mass is 10.2. The van der Waals surface area contributed by atoms with Gasteiger partial charge in [-0.05, 0) is 24.3 Å². The summed E-state index contributed by atoms with van der Waals surface area (Å²) in [5.74, 6) is -0.903. The highest BCUT2D eigenvalue weighted by Crippen LogP contribution is 2.34. The van der Waals surface area contributed by atoms with E-state index >= 15 is 0 Å². The van der Waals surface area contributed by atoms with E-state index in [1.165, 1.54) is 26.0 Å². The van der Waals surface area contributed by atoms with Crippen molar-refractivity contribution in [1.82, 2.24) is 0 Å². The summed E-state index contributed by atoms with van der Waals surface area (Å²) in [7, 11) is -2.26. The van der Waals surface area contributed by atoms with Crippen LogP contribution in [-0.2, 0) is 20.4 Å². The maximum absolute atomic E-state index is 12.9. The molecule has 2 aromatic rings. The number of nitrogens with zero attached hydrogens (tertiary/aromatic N) is 2. The van der Waals surface area contributed by atoms with E-state index in [1.54, 1.807) is 0 Å². The van der Waals surface area contributed by atoms with Crippen molar-refractivity contribution in [2.45, 2.75) is 23.6 Å². The summed E-state index contributed by atoms with van der Waals surface area (Å²) in [6.07, 6.45) is 0. The van der Waals surface area contributed by atoms with Crippen LogP contribution in [0.5, 0.6) is 0 Å². The van der Waals surface area contributed by atoms with Gasteiger partial charge in [0.1, 0.15) is 9.79 Å². The van der Waals surface area contributed by atoms with Gasteiger partial charge < -0.3 is 10.6 Å². The van der Waals surface area contributed by atoms with Gasteiger partial charge in [0.05, 0.1) is 20.6 Å². The first-order valence-electron chi connectivity index (χ1n) is 7.64. The Morgan fingerprint density at radius 2 is 1.18 bits per heavy atom. The molecule has 0 aliphatic carbocycles. The molecule has 0 saturated heterocycles. The summed E-state index contributed by atoms with van der Waals surface area (Å²) in [6, 6.07) is 6.96. The van der Waals surface area contributed by atoms with Crippen molar-refractivity contribution < 1.29 is 23.6 Å². The van der Waals surface area contributed by atoms with Gasteiger partial charge in [-0.25, -0.2) is 4.21 Å². The molecular weight excluding hydrogens is 392 g/mol.